The summed E-state index contributed by atoms with van der Waals surface area (Å²) >= 11 is 0. The molecule has 2 saturated heterocycles. The molecule has 0 N–H and O–H groups in total. The first-order chi connectivity index (χ1) is 9.58. The van der Waals surface area contributed by atoms with Crippen LogP contribution in [0.25, 0.3) is 0 Å². The number of ether oxygens (including phenoxy) is 2. The van der Waals surface area contributed by atoms with Crippen molar-refractivity contribution in [2.45, 2.75) is 12.2 Å². The zero-order valence-electron chi connectivity index (χ0n) is 11.3. The molecule has 1 amide bonds. The summed E-state index contributed by atoms with van der Waals surface area (Å²) in [6.07, 6.45) is 0.237. The number of carbonyl (C=O) groups is 1. The fourth-order valence-electron chi connectivity index (χ4n) is 2.66. The van der Waals surface area contributed by atoms with Crippen LogP contribution >= 0.6 is 0 Å². The predicted molar refractivity (Wildman–Crippen MR) is 69.1 cm³/mol. The highest BCUT2D eigenvalue weighted by atomic mass is 19.1. The number of likely N-dealkylation sites (N-methyl/N-ethyl adjacent to an activating group) is 1. The van der Waals surface area contributed by atoms with Gasteiger partial charge in [-0.25, -0.2) is 9.40 Å². The highest BCUT2D eigenvalue weighted by molar-refractivity contribution is 5.78. The zero-order valence-corrected chi connectivity index (χ0v) is 11.3. The van der Waals surface area contributed by atoms with Crippen molar-refractivity contribution in [2.75, 3.05) is 33.4 Å². The average molecular weight is 280 g/mol. The monoisotopic (exact) mass is 280 g/mol. The number of carbonyl (C=O) groups excluding carboxylic acids is 1. The summed E-state index contributed by atoms with van der Waals surface area (Å²) in [6.45, 7) is 2.08. The standard InChI is InChI=1S/C14H17FN2O3/c1-16-9-14(19-6-7-20-14)10-17(16)13(18)8-11-2-4-12(15)5-3-11/h2-5H,6-10H2,1H3. The maximum Gasteiger partial charge on any atom is 0.241 e. The highest BCUT2D eigenvalue weighted by Crippen LogP contribution is 2.28. The summed E-state index contributed by atoms with van der Waals surface area (Å²) in [6, 6.07) is 5.98. The lowest BCUT2D eigenvalue weighted by Gasteiger charge is -2.23. The maximum atomic E-state index is 12.9. The molecular weight excluding hydrogens is 263 g/mol. The van der Waals surface area contributed by atoms with E-state index >= 15 is 0 Å². The fraction of sp³-hybridized carbons (Fsp3) is 0.500. The Morgan fingerprint density at radius 3 is 2.55 bits per heavy atom. The van der Waals surface area contributed by atoms with Gasteiger partial charge in [0.2, 0.25) is 11.7 Å². The van der Waals surface area contributed by atoms with Crippen LogP contribution in [0.5, 0.6) is 0 Å². The minimum absolute atomic E-state index is 0.0462. The van der Waals surface area contributed by atoms with Crippen LogP contribution in [-0.2, 0) is 20.7 Å². The second kappa shape index (κ2) is 5.12. The van der Waals surface area contributed by atoms with Gasteiger partial charge in [-0.15, -0.1) is 0 Å². The van der Waals surface area contributed by atoms with E-state index in [0.717, 1.165) is 5.56 Å². The van der Waals surface area contributed by atoms with Crippen molar-refractivity contribution in [2.24, 2.45) is 0 Å². The Morgan fingerprint density at radius 2 is 1.90 bits per heavy atom. The smallest absolute Gasteiger partial charge is 0.241 e. The first kappa shape index (κ1) is 13.5. The molecule has 5 nitrogen and oxygen atoms in total. The van der Waals surface area contributed by atoms with E-state index in [1.54, 1.807) is 17.1 Å². The minimum Gasteiger partial charge on any atom is -0.345 e. The normalized spacial score (nSPS) is 21.8. The summed E-state index contributed by atoms with van der Waals surface area (Å²) < 4.78 is 24.1. The van der Waals surface area contributed by atoms with Gasteiger partial charge in [0.1, 0.15) is 5.82 Å². The molecule has 0 radical (unpaired) electrons. The number of hydrazine groups is 1. The van der Waals surface area contributed by atoms with Crippen molar-refractivity contribution in [1.29, 1.82) is 0 Å². The SMILES string of the molecule is CN1CC2(CN1C(=O)Cc1ccc(F)cc1)OCCO2. The summed E-state index contributed by atoms with van der Waals surface area (Å²) in [5, 5.41) is 3.45. The lowest BCUT2D eigenvalue weighted by molar-refractivity contribution is -0.148. The third kappa shape index (κ3) is 2.54. The van der Waals surface area contributed by atoms with Crippen molar-refractivity contribution in [3.05, 3.63) is 35.6 Å². The Bertz CT molecular complexity index is 500. The molecule has 2 aliphatic rings. The number of hydrogen-bond donors (Lipinski definition) is 0. The van der Waals surface area contributed by atoms with Crippen LogP contribution < -0.4 is 0 Å². The van der Waals surface area contributed by atoms with Crippen molar-refractivity contribution in [1.82, 2.24) is 10.0 Å². The van der Waals surface area contributed by atoms with E-state index < -0.39 is 5.79 Å². The van der Waals surface area contributed by atoms with Gasteiger partial charge in [0, 0.05) is 7.05 Å². The third-order valence-corrected chi connectivity index (χ3v) is 3.64. The molecule has 2 heterocycles. The van der Waals surface area contributed by atoms with Crippen molar-refractivity contribution < 1.29 is 18.7 Å². The number of benzene rings is 1. The van der Waals surface area contributed by atoms with E-state index in [0.29, 0.717) is 26.3 Å². The van der Waals surface area contributed by atoms with Gasteiger partial charge in [-0.2, -0.15) is 0 Å². The van der Waals surface area contributed by atoms with Gasteiger partial charge in [-0.05, 0) is 17.7 Å². The first-order valence-electron chi connectivity index (χ1n) is 6.62. The van der Waals surface area contributed by atoms with E-state index in [4.69, 9.17) is 9.47 Å². The lowest BCUT2D eigenvalue weighted by Crippen LogP contribution is -2.40. The Balaban J connectivity index is 1.66. The zero-order chi connectivity index (χ0) is 14.2. The molecule has 0 unspecified atom stereocenters. The van der Waals surface area contributed by atoms with Crippen molar-refractivity contribution in [3.63, 3.8) is 0 Å². The lowest BCUT2D eigenvalue weighted by atomic mass is 10.1. The molecule has 0 saturated carbocycles. The van der Waals surface area contributed by atoms with Gasteiger partial charge >= 0.3 is 0 Å². The van der Waals surface area contributed by atoms with Gasteiger partial charge in [0.15, 0.2) is 0 Å². The number of rotatable bonds is 2. The van der Waals surface area contributed by atoms with Gasteiger partial charge in [-0.3, -0.25) is 9.80 Å². The van der Waals surface area contributed by atoms with Gasteiger partial charge in [0.05, 0.1) is 32.7 Å². The summed E-state index contributed by atoms with van der Waals surface area (Å²) in [5.41, 5.74) is 0.791. The van der Waals surface area contributed by atoms with Crippen LogP contribution in [-0.4, -0.2) is 55.1 Å². The van der Waals surface area contributed by atoms with Crippen LogP contribution in [0.4, 0.5) is 4.39 Å². The van der Waals surface area contributed by atoms with E-state index in [1.165, 1.54) is 12.1 Å². The molecule has 1 spiro atoms. The van der Waals surface area contributed by atoms with Gasteiger partial charge in [0.25, 0.3) is 0 Å². The number of hydrogen-bond acceptors (Lipinski definition) is 4. The quantitative estimate of drug-likeness (QED) is 0.803. The molecule has 1 aromatic carbocycles. The summed E-state index contributed by atoms with van der Waals surface area (Å²) in [4.78, 5) is 12.3. The first-order valence-corrected chi connectivity index (χ1v) is 6.62. The average Bonchev–Trinajstić information content (AvgIpc) is 3.00. The summed E-state index contributed by atoms with van der Waals surface area (Å²) in [7, 11) is 1.84. The molecule has 20 heavy (non-hydrogen) atoms. The van der Waals surface area contributed by atoms with Crippen LogP contribution in [0.15, 0.2) is 24.3 Å². The molecule has 0 bridgehead atoms. The highest BCUT2D eigenvalue weighted by Gasteiger charge is 2.47. The topological polar surface area (TPSA) is 42.0 Å². The molecule has 0 atom stereocenters. The van der Waals surface area contributed by atoms with Gasteiger partial charge in [-0.1, -0.05) is 12.1 Å². The minimum atomic E-state index is -0.673. The number of amides is 1. The van der Waals surface area contributed by atoms with E-state index in [-0.39, 0.29) is 18.1 Å². The van der Waals surface area contributed by atoms with Gasteiger partial charge < -0.3 is 9.47 Å². The molecule has 2 fully saturated rings. The molecule has 0 aromatic heterocycles. The molecule has 3 rings (SSSR count). The third-order valence-electron chi connectivity index (χ3n) is 3.64. The fourth-order valence-corrected chi connectivity index (χ4v) is 2.66. The molecule has 1 aromatic rings. The van der Waals surface area contributed by atoms with Crippen LogP contribution in [0.3, 0.4) is 0 Å². The summed E-state index contributed by atoms with van der Waals surface area (Å²) in [5.74, 6) is -1.02. The van der Waals surface area contributed by atoms with Crippen molar-refractivity contribution in [3.8, 4) is 0 Å². The van der Waals surface area contributed by atoms with E-state index in [2.05, 4.69) is 0 Å². The predicted octanol–water partition coefficient (Wildman–Crippen LogP) is 0.800. The molecule has 0 aliphatic carbocycles. The van der Waals surface area contributed by atoms with Crippen LogP contribution in [0.1, 0.15) is 5.56 Å². The number of halogens is 1. The van der Waals surface area contributed by atoms with E-state index in [1.807, 2.05) is 12.1 Å². The Labute approximate surface area is 116 Å². The Hall–Kier alpha value is -1.50. The Morgan fingerprint density at radius 1 is 1.25 bits per heavy atom. The molecule has 108 valence electrons. The Kier molecular flexibility index (Phi) is 3.45. The maximum absolute atomic E-state index is 12.9. The van der Waals surface area contributed by atoms with E-state index in [9.17, 15) is 9.18 Å². The largest absolute Gasteiger partial charge is 0.345 e. The van der Waals surface area contributed by atoms with Crippen molar-refractivity contribution >= 4 is 5.91 Å². The number of nitrogens with zero attached hydrogens (tertiary/aromatic N) is 2. The second-order valence-electron chi connectivity index (χ2n) is 5.18. The molecule has 6 heteroatoms. The van der Waals surface area contributed by atoms with Crippen LogP contribution in [0.2, 0.25) is 0 Å². The van der Waals surface area contributed by atoms with Crippen LogP contribution in [0, 0.1) is 5.82 Å². The second-order valence-corrected chi connectivity index (χ2v) is 5.18. The molecular formula is C14H17FN2O3. The molecule has 2 aliphatic heterocycles.